The highest BCUT2D eigenvalue weighted by Crippen LogP contribution is 2.26. The van der Waals surface area contributed by atoms with Gasteiger partial charge in [-0.3, -0.25) is 4.68 Å². The summed E-state index contributed by atoms with van der Waals surface area (Å²) in [5.74, 6) is 0.822. The molecule has 0 saturated heterocycles. The first-order valence-electron chi connectivity index (χ1n) is 6.88. The summed E-state index contributed by atoms with van der Waals surface area (Å²) in [4.78, 5) is 0. The Kier molecular flexibility index (Phi) is 6.27. The molecule has 0 aromatic carbocycles. The molecule has 0 aliphatic heterocycles. The van der Waals surface area contributed by atoms with Gasteiger partial charge in [-0.15, -0.1) is 0 Å². The first-order valence-corrected chi connectivity index (χ1v) is 6.88. The fourth-order valence-electron chi connectivity index (χ4n) is 2.43. The van der Waals surface area contributed by atoms with Crippen LogP contribution in [0.1, 0.15) is 57.7 Å². The Morgan fingerprint density at radius 3 is 2.65 bits per heavy atom. The zero-order chi connectivity index (χ0) is 12.7. The largest absolute Gasteiger partial charge is 0.312 e. The number of aryl methyl sites for hydroxylation is 1. The van der Waals surface area contributed by atoms with E-state index in [0.717, 1.165) is 5.92 Å². The van der Waals surface area contributed by atoms with Gasteiger partial charge >= 0.3 is 0 Å². The minimum absolute atomic E-state index is 0.435. The van der Waals surface area contributed by atoms with Crippen molar-refractivity contribution in [3.63, 3.8) is 0 Å². The highest BCUT2D eigenvalue weighted by Gasteiger charge is 2.17. The summed E-state index contributed by atoms with van der Waals surface area (Å²) in [6.07, 6.45) is 8.37. The molecule has 2 unspecified atom stereocenters. The monoisotopic (exact) mass is 237 g/mol. The smallest absolute Gasteiger partial charge is 0.0550 e. The molecule has 0 aliphatic rings. The molecule has 0 spiro atoms. The average Bonchev–Trinajstić information content (AvgIpc) is 2.76. The molecule has 0 fully saturated rings. The van der Waals surface area contributed by atoms with Crippen LogP contribution in [0.15, 0.2) is 12.3 Å². The second-order valence-corrected chi connectivity index (χ2v) is 4.87. The van der Waals surface area contributed by atoms with Crippen molar-refractivity contribution < 1.29 is 0 Å². The highest BCUT2D eigenvalue weighted by atomic mass is 15.3. The fraction of sp³-hybridized carbons (Fsp3) is 0.786. The van der Waals surface area contributed by atoms with Crippen LogP contribution in [0, 0.1) is 5.92 Å². The van der Waals surface area contributed by atoms with Gasteiger partial charge in [0, 0.05) is 19.3 Å². The number of nitrogens with one attached hydrogen (secondary N) is 1. The maximum Gasteiger partial charge on any atom is 0.0550 e. The third-order valence-corrected chi connectivity index (χ3v) is 3.68. The lowest BCUT2D eigenvalue weighted by atomic mass is 9.91. The number of nitrogens with zero attached hydrogens (tertiary/aromatic N) is 2. The third-order valence-electron chi connectivity index (χ3n) is 3.68. The quantitative estimate of drug-likeness (QED) is 0.752. The normalized spacial score (nSPS) is 14.8. The minimum Gasteiger partial charge on any atom is -0.312 e. The molecule has 2 atom stereocenters. The maximum atomic E-state index is 4.26. The Balaban J connectivity index is 2.59. The zero-order valence-corrected chi connectivity index (χ0v) is 11.7. The van der Waals surface area contributed by atoms with E-state index in [4.69, 9.17) is 0 Å². The number of rotatable bonds is 8. The van der Waals surface area contributed by atoms with Gasteiger partial charge in [-0.25, -0.2) is 0 Å². The molecule has 1 N–H and O–H groups in total. The molecule has 0 bridgehead atoms. The van der Waals surface area contributed by atoms with Crippen LogP contribution in [0.2, 0.25) is 0 Å². The van der Waals surface area contributed by atoms with Crippen molar-refractivity contribution in [2.75, 3.05) is 7.05 Å². The van der Waals surface area contributed by atoms with E-state index in [1.807, 2.05) is 25.0 Å². The van der Waals surface area contributed by atoms with Crippen LogP contribution in [0.25, 0.3) is 0 Å². The van der Waals surface area contributed by atoms with E-state index in [9.17, 15) is 0 Å². The summed E-state index contributed by atoms with van der Waals surface area (Å²) in [6.45, 7) is 4.57. The standard InChI is InChI=1S/C14H27N3/c1-5-7-8-12(6-2)11-13(15-3)14-9-10-16-17(14)4/h9-10,12-13,15H,5-8,11H2,1-4H3. The van der Waals surface area contributed by atoms with Crippen LogP contribution in [-0.4, -0.2) is 16.8 Å². The molecule has 0 aliphatic carbocycles. The topological polar surface area (TPSA) is 29.9 Å². The second kappa shape index (κ2) is 7.49. The summed E-state index contributed by atoms with van der Waals surface area (Å²) in [6, 6.07) is 2.55. The van der Waals surface area contributed by atoms with E-state index in [2.05, 4.69) is 30.3 Å². The maximum absolute atomic E-state index is 4.26. The molecule has 1 aromatic heterocycles. The molecule has 3 heteroatoms. The molecular weight excluding hydrogens is 210 g/mol. The van der Waals surface area contributed by atoms with Crippen LogP contribution < -0.4 is 5.32 Å². The second-order valence-electron chi connectivity index (χ2n) is 4.87. The van der Waals surface area contributed by atoms with E-state index < -0.39 is 0 Å². The van der Waals surface area contributed by atoms with Gasteiger partial charge in [0.1, 0.15) is 0 Å². The molecule has 98 valence electrons. The van der Waals surface area contributed by atoms with Crippen molar-refractivity contribution in [1.29, 1.82) is 0 Å². The summed E-state index contributed by atoms with van der Waals surface area (Å²) >= 11 is 0. The predicted octanol–water partition coefficient (Wildman–Crippen LogP) is 3.29. The SMILES string of the molecule is CCCCC(CC)CC(NC)c1ccnn1C. The molecule has 0 saturated carbocycles. The first-order chi connectivity index (χ1) is 8.22. The van der Waals surface area contributed by atoms with Crippen LogP contribution in [0.3, 0.4) is 0 Å². The first kappa shape index (κ1) is 14.2. The summed E-state index contributed by atoms with van der Waals surface area (Å²) in [5, 5.41) is 7.68. The van der Waals surface area contributed by atoms with Gasteiger partial charge < -0.3 is 5.32 Å². The summed E-state index contributed by atoms with van der Waals surface area (Å²) in [5.41, 5.74) is 1.29. The zero-order valence-electron chi connectivity index (χ0n) is 11.7. The molecule has 1 rings (SSSR count). The van der Waals surface area contributed by atoms with Crippen molar-refractivity contribution in [1.82, 2.24) is 15.1 Å². The van der Waals surface area contributed by atoms with Gasteiger partial charge in [0.05, 0.1) is 5.69 Å². The van der Waals surface area contributed by atoms with Crippen LogP contribution in [-0.2, 0) is 7.05 Å². The molecule has 0 radical (unpaired) electrons. The Bertz CT molecular complexity index is 306. The van der Waals surface area contributed by atoms with Gasteiger partial charge in [-0.05, 0) is 25.5 Å². The average molecular weight is 237 g/mol. The molecule has 0 amide bonds. The van der Waals surface area contributed by atoms with Crippen LogP contribution >= 0.6 is 0 Å². The number of hydrogen-bond acceptors (Lipinski definition) is 2. The lowest BCUT2D eigenvalue weighted by Gasteiger charge is -2.22. The lowest BCUT2D eigenvalue weighted by Crippen LogP contribution is -2.22. The van der Waals surface area contributed by atoms with E-state index in [-0.39, 0.29) is 0 Å². The lowest BCUT2D eigenvalue weighted by molar-refractivity contribution is 0.355. The Hall–Kier alpha value is -0.830. The predicted molar refractivity (Wildman–Crippen MR) is 72.9 cm³/mol. The minimum atomic E-state index is 0.435. The van der Waals surface area contributed by atoms with Gasteiger partial charge in [-0.1, -0.05) is 39.5 Å². The molecule has 1 heterocycles. The third kappa shape index (κ3) is 4.15. The number of aromatic nitrogens is 2. The van der Waals surface area contributed by atoms with Crippen LogP contribution in [0.4, 0.5) is 0 Å². The summed E-state index contributed by atoms with van der Waals surface area (Å²) < 4.78 is 1.98. The summed E-state index contributed by atoms with van der Waals surface area (Å²) in [7, 11) is 4.07. The fourth-order valence-corrected chi connectivity index (χ4v) is 2.43. The van der Waals surface area contributed by atoms with Gasteiger partial charge in [0.2, 0.25) is 0 Å². The van der Waals surface area contributed by atoms with Crippen molar-refractivity contribution in [3.05, 3.63) is 18.0 Å². The Morgan fingerprint density at radius 1 is 1.41 bits per heavy atom. The van der Waals surface area contributed by atoms with Crippen molar-refractivity contribution in [3.8, 4) is 0 Å². The molecule has 17 heavy (non-hydrogen) atoms. The van der Waals surface area contributed by atoms with Gasteiger partial charge in [0.15, 0.2) is 0 Å². The van der Waals surface area contributed by atoms with Gasteiger partial charge in [-0.2, -0.15) is 5.10 Å². The molecule has 1 aromatic rings. The molecular formula is C14H27N3. The number of hydrogen-bond donors (Lipinski definition) is 1. The van der Waals surface area contributed by atoms with Crippen molar-refractivity contribution >= 4 is 0 Å². The number of unbranched alkanes of at least 4 members (excludes halogenated alkanes) is 1. The van der Waals surface area contributed by atoms with Gasteiger partial charge in [0.25, 0.3) is 0 Å². The van der Waals surface area contributed by atoms with Crippen molar-refractivity contribution in [2.45, 2.75) is 52.0 Å². The van der Waals surface area contributed by atoms with E-state index in [1.54, 1.807) is 0 Å². The highest BCUT2D eigenvalue weighted by molar-refractivity contribution is 5.06. The molecule has 3 nitrogen and oxygen atoms in total. The van der Waals surface area contributed by atoms with Crippen molar-refractivity contribution in [2.24, 2.45) is 13.0 Å². The van der Waals surface area contributed by atoms with E-state index in [1.165, 1.54) is 37.8 Å². The Labute approximate surface area is 106 Å². The van der Waals surface area contributed by atoms with E-state index >= 15 is 0 Å². The van der Waals surface area contributed by atoms with Crippen LogP contribution in [0.5, 0.6) is 0 Å². The van der Waals surface area contributed by atoms with E-state index in [0.29, 0.717) is 6.04 Å². The Morgan fingerprint density at radius 2 is 2.18 bits per heavy atom.